The maximum atomic E-state index is 8.74. The Morgan fingerprint density at radius 1 is 0.686 bits per heavy atom. The van der Waals surface area contributed by atoms with Gasteiger partial charge in [0.15, 0.2) is 0 Å². The van der Waals surface area contributed by atoms with Crippen molar-refractivity contribution in [2.75, 3.05) is 5.32 Å². The van der Waals surface area contributed by atoms with E-state index >= 15 is 0 Å². The van der Waals surface area contributed by atoms with E-state index in [2.05, 4.69) is 73.8 Å². The minimum absolute atomic E-state index is 0. The van der Waals surface area contributed by atoms with Crippen LogP contribution in [0.1, 0.15) is 71.1 Å². The van der Waals surface area contributed by atoms with Crippen molar-refractivity contribution < 1.29 is 47.1 Å². The zero-order valence-corrected chi connectivity index (χ0v) is 24.1. The van der Waals surface area contributed by atoms with E-state index in [1.54, 1.807) is 0 Å². The van der Waals surface area contributed by atoms with Gasteiger partial charge >= 0.3 is 40.0 Å². The Bertz CT molecular complexity index is 996. The van der Waals surface area contributed by atoms with Crippen molar-refractivity contribution >= 4 is 32.5 Å². The maximum Gasteiger partial charge on any atom is 1.00 e. The molecule has 0 amide bonds. The summed E-state index contributed by atoms with van der Waals surface area (Å²) in [5, 5.41) is 5.92. The van der Waals surface area contributed by atoms with Crippen LogP contribution >= 0.6 is 0 Å². The SMILES string of the molecule is O=S(=O)(O)O.[CH2-]CCCCCCCCCCC.[Na+].c1ccc(Nc2ccc3ccccc3c2)cc1. The quantitative estimate of drug-likeness (QED) is 0.134. The zero-order chi connectivity index (χ0) is 25.1. The van der Waals surface area contributed by atoms with E-state index in [1.807, 2.05) is 18.2 Å². The summed E-state index contributed by atoms with van der Waals surface area (Å²) in [6.07, 6.45) is 13.9. The van der Waals surface area contributed by atoms with Crippen LogP contribution in [0.5, 0.6) is 0 Å². The average Bonchev–Trinajstić information content (AvgIpc) is 2.81. The van der Waals surface area contributed by atoms with Crippen molar-refractivity contribution in [1.82, 2.24) is 0 Å². The molecule has 3 aromatic rings. The van der Waals surface area contributed by atoms with Crippen LogP contribution in [0, 0.1) is 6.92 Å². The van der Waals surface area contributed by atoms with Gasteiger partial charge in [0, 0.05) is 11.4 Å². The van der Waals surface area contributed by atoms with Gasteiger partial charge in [-0.25, -0.2) is 0 Å². The van der Waals surface area contributed by atoms with Crippen molar-refractivity contribution in [3.05, 3.63) is 79.7 Å². The molecule has 7 heteroatoms. The van der Waals surface area contributed by atoms with Gasteiger partial charge in [-0.1, -0.05) is 113 Å². The Hall–Kier alpha value is -1.41. The van der Waals surface area contributed by atoms with E-state index in [4.69, 9.17) is 17.5 Å². The molecule has 0 unspecified atom stereocenters. The molecule has 0 radical (unpaired) electrons. The first-order valence-electron chi connectivity index (χ1n) is 12.1. The molecule has 3 rings (SSSR count). The number of para-hydroxylation sites is 1. The van der Waals surface area contributed by atoms with Crippen LogP contribution in [0.3, 0.4) is 0 Å². The second-order valence-corrected chi connectivity index (χ2v) is 9.08. The summed E-state index contributed by atoms with van der Waals surface area (Å²) in [4.78, 5) is 0. The van der Waals surface area contributed by atoms with Crippen molar-refractivity contribution in [1.29, 1.82) is 0 Å². The summed E-state index contributed by atoms with van der Waals surface area (Å²) in [5.74, 6) is 0. The van der Waals surface area contributed by atoms with Gasteiger partial charge in [-0.15, -0.1) is 0 Å². The Labute approximate surface area is 234 Å². The normalized spacial score (nSPS) is 10.3. The first-order chi connectivity index (χ1) is 16.3. The molecular weight excluding hydrogens is 469 g/mol. The molecule has 0 atom stereocenters. The molecule has 0 heterocycles. The molecule has 0 aromatic heterocycles. The van der Waals surface area contributed by atoms with Crippen molar-refractivity contribution in [3.8, 4) is 0 Å². The summed E-state index contributed by atoms with van der Waals surface area (Å²) >= 11 is 0. The molecule has 0 spiro atoms. The van der Waals surface area contributed by atoms with Crippen LogP contribution in [-0.4, -0.2) is 17.5 Å². The number of nitrogens with one attached hydrogen (secondary N) is 1. The second-order valence-electron chi connectivity index (χ2n) is 8.18. The molecule has 0 saturated heterocycles. The third-order valence-corrected chi connectivity index (χ3v) is 5.17. The summed E-state index contributed by atoms with van der Waals surface area (Å²) in [6, 6.07) is 25.0. The molecule has 0 aliphatic rings. The van der Waals surface area contributed by atoms with E-state index in [9.17, 15) is 0 Å². The molecule has 0 fully saturated rings. The molecular formula is C28H40NNaO4S. The average molecular weight is 510 g/mol. The standard InChI is InChI=1S/C16H13N.C12H25.Na.H2O4S/c1-2-8-15(9-3-1)17-16-11-10-13-6-4-5-7-14(13)12-16;1-3-5-7-9-11-12-10-8-6-4-2;;1-5(2,3)4/h1-12,17H;1,3-12H2,2H3;;(H2,1,2,3,4)/q;-1;+1;. The number of hydrogen-bond donors (Lipinski definition) is 3. The number of benzene rings is 3. The van der Waals surface area contributed by atoms with Crippen LogP contribution in [-0.2, 0) is 10.4 Å². The number of unbranched alkanes of at least 4 members (excludes halogenated alkanes) is 9. The third kappa shape index (κ3) is 19.5. The van der Waals surface area contributed by atoms with Gasteiger partial charge < -0.3 is 12.2 Å². The zero-order valence-electron chi connectivity index (χ0n) is 21.3. The van der Waals surface area contributed by atoms with Crippen molar-refractivity contribution in [3.63, 3.8) is 0 Å². The van der Waals surface area contributed by atoms with Gasteiger partial charge in [0.1, 0.15) is 0 Å². The van der Waals surface area contributed by atoms with Crippen molar-refractivity contribution in [2.24, 2.45) is 0 Å². The fraction of sp³-hybridized carbons (Fsp3) is 0.393. The van der Waals surface area contributed by atoms with Gasteiger partial charge in [0.05, 0.1) is 0 Å². The first kappa shape index (κ1) is 33.6. The molecule has 0 aliphatic carbocycles. The van der Waals surface area contributed by atoms with Gasteiger partial charge in [-0.2, -0.15) is 14.8 Å². The third-order valence-electron chi connectivity index (χ3n) is 5.17. The summed E-state index contributed by atoms with van der Waals surface area (Å²) in [6.45, 7) is 6.12. The second kappa shape index (κ2) is 20.7. The monoisotopic (exact) mass is 509 g/mol. The molecule has 3 N–H and O–H groups in total. The predicted molar refractivity (Wildman–Crippen MR) is 145 cm³/mol. The molecule has 5 nitrogen and oxygen atoms in total. The minimum Gasteiger partial charge on any atom is -0.356 e. The summed E-state index contributed by atoms with van der Waals surface area (Å²) in [5.41, 5.74) is 2.23. The number of anilines is 2. The topological polar surface area (TPSA) is 86.6 Å². The van der Waals surface area contributed by atoms with Crippen LogP contribution in [0.15, 0.2) is 72.8 Å². The number of rotatable bonds is 11. The van der Waals surface area contributed by atoms with Crippen LogP contribution in [0.4, 0.5) is 11.4 Å². The Morgan fingerprint density at radius 2 is 1.17 bits per heavy atom. The van der Waals surface area contributed by atoms with Gasteiger partial charge in [-0.05, 0) is 35.0 Å². The maximum absolute atomic E-state index is 8.74. The predicted octanol–water partition coefficient (Wildman–Crippen LogP) is 5.68. The Morgan fingerprint density at radius 3 is 1.71 bits per heavy atom. The molecule has 0 aliphatic heterocycles. The number of hydrogen-bond acceptors (Lipinski definition) is 3. The summed E-state index contributed by atoms with van der Waals surface area (Å²) < 4.78 is 31.6. The van der Waals surface area contributed by atoms with Crippen LogP contribution < -0.4 is 34.9 Å². The molecule has 3 aromatic carbocycles. The molecule has 0 saturated carbocycles. The van der Waals surface area contributed by atoms with Gasteiger partial charge in [0.2, 0.25) is 0 Å². The van der Waals surface area contributed by atoms with E-state index < -0.39 is 10.4 Å². The molecule has 188 valence electrons. The first-order valence-corrected chi connectivity index (χ1v) is 13.5. The van der Waals surface area contributed by atoms with E-state index in [0.29, 0.717) is 0 Å². The van der Waals surface area contributed by atoms with Crippen LogP contribution in [0.25, 0.3) is 10.8 Å². The van der Waals surface area contributed by atoms with Gasteiger partial charge in [-0.3, -0.25) is 9.11 Å². The van der Waals surface area contributed by atoms with E-state index in [1.165, 1.54) is 68.6 Å². The Balaban J connectivity index is 0.000000567. The molecule has 0 bridgehead atoms. The van der Waals surface area contributed by atoms with Crippen molar-refractivity contribution in [2.45, 2.75) is 71.1 Å². The summed E-state index contributed by atoms with van der Waals surface area (Å²) in [7, 11) is -4.67. The smallest absolute Gasteiger partial charge is 0.356 e. The Kier molecular flexibility index (Phi) is 19.9. The largest absolute Gasteiger partial charge is 1.00 e. The van der Waals surface area contributed by atoms with E-state index in [-0.39, 0.29) is 29.6 Å². The minimum atomic E-state index is -4.67. The molecule has 35 heavy (non-hydrogen) atoms. The van der Waals surface area contributed by atoms with Gasteiger partial charge in [0.25, 0.3) is 0 Å². The van der Waals surface area contributed by atoms with Crippen LogP contribution in [0.2, 0.25) is 0 Å². The van der Waals surface area contributed by atoms with E-state index in [0.717, 1.165) is 17.8 Å². The fourth-order valence-corrected chi connectivity index (χ4v) is 3.44. The fourth-order valence-electron chi connectivity index (χ4n) is 3.44. The number of fused-ring (bicyclic) bond motifs is 1.